The van der Waals surface area contributed by atoms with Crippen molar-refractivity contribution >= 4 is 34.1 Å². The van der Waals surface area contributed by atoms with Crippen molar-refractivity contribution in [2.24, 2.45) is 0 Å². The van der Waals surface area contributed by atoms with Gasteiger partial charge in [0.25, 0.3) is 5.91 Å². The number of hydrogen-bond donors (Lipinski definition) is 2. The van der Waals surface area contributed by atoms with E-state index in [1.807, 2.05) is 85.8 Å². The smallest absolute Gasteiger partial charge is 0.266 e. The van der Waals surface area contributed by atoms with E-state index in [-0.39, 0.29) is 11.8 Å². The number of para-hydroxylation sites is 1. The first-order chi connectivity index (χ1) is 17.6. The predicted octanol–water partition coefficient (Wildman–Crippen LogP) is 7.23. The standard InChI is InChI=1S/C31H25ClN2O2/c1-2-36-31(24-15-9-10-16-25(24)34-30(31)35)28-23-18-17-22(32)19-26(23)33-29(28)27(20-11-5-3-6-12-20)21-13-7-4-8-14-21/h3-19,27,33H,2H2,1H3,(H,34,35). The van der Waals surface area contributed by atoms with E-state index in [4.69, 9.17) is 16.3 Å². The van der Waals surface area contributed by atoms with Gasteiger partial charge >= 0.3 is 0 Å². The van der Waals surface area contributed by atoms with Crippen molar-refractivity contribution in [2.45, 2.75) is 18.4 Å². The second-order valence-electron chi connectivity index (χ2n) is 8.97. The third kappa shape index (κ3) is 3.45. The highest BCUT2D eigenvalue weighted by atomic mass is 35.5. The maximum absolute atomic E-state index is 13.9. The largest absolute Gasteiger partial charge is 0.357 e. The summed E-state index contributed by atoms with van der Waals surface area (Å²) >= 11 is 6.43. The minimum Gasteiger partial charge on any atom is -0.357 e. The molecule has 178 valence electrons. The maximum Gasteiger partial charge on any atom is 0.266 e. The molecular formula is C31H25ClN2O2. The predicted molar refractivity (Wildman–Crippen MR) is 145 cm³/mol. The van der Waals surface area contributed by atoms with Crippen molar-refractivity contribution in [3.8, 4) is 0 Å². The molecule has 4 nitrogen and oxygen atoms in total. The van der Waals surface area contributed by atoms with E-state index in [9.17, 15) is 4.79 Å². The first kappa shape index (κ1) is 22.6. The van der Waals surface area contributed by atoms with E-state index < -0.39 is 5.60 Å². The Bertz CT molecular complexity index is 1520. The van der Waals surface area contributed by atoms with Crippen LogP contribution in [0.2, 0.25) is 5.02 Å². The molecule has 0 saturated carbocycles. The molecule has 1 unspecified atom stereocenters. The summed E-state index contributed by atoms with van der Waals surface area (Å²) in [6.45, 7) is 2.29. The van der Waals surface area contributed by atoms with E-state index >= 15 is 0 Å². The molecule has 0 fully saturated rings. The molecular weight excluding hydrogens is 468 g/mol. The highest BCUT2D eigenvalue weighted by molar-refractivity contribution is 6.31. The Balaban J connectivity index is 1.74. The number of aromatic nitrogens is 1. The highest BCUT2D eigenvalue weighted by Crippen LogP contribution is 2.50. The summed E-state index contributed by atoms with van der Waals surface area (Å²) in [6.07, 6.45) is 0. The summed E-state index contributed by atoms with van der Waals surface area (Å²) in [5.74, 6) is -0.353. The Morgan fingerprint density at radius 3 is 2.17 bits per heavy atom. The number of rotatable bonds is 6. The number of benzene rings is 4. The normalized spacial score (nSPS) is 16.9. The van der Waals surface area contributed by atoms with Gasteiger partial charge in [-0.05, 0) is 36.2 Å². The molecule has 0 aliphatic carbocycles. The number of halogens is 1. The van der Waals surface area contributed by atoms with Gasteiger partial charge in [-0.25, -0.2) is 0 Å². The Labute approximate surface area is 214 Å². The van der Waals surface area contributed by atoms with Crippen LogP contribution >= 0.6 is 11.6 Å². The molecule has 0 saturated heterocycles. The fourth-order valence-electron chi connectivity index (χ4n) is 5.52. The average molecular weight is 493 g/mol. The second kappa shape index (κ2) is 8.98. The van der Waals surface area contributed by atoms with Crippen LogP contribution in [0.5, 0.6) is 0 Å². The van der Waals surface area contributed by atoms with Crippen molar-refractivity contribution in [1.82, 2.24) is 4.98 Å². The van der Waals surface area contributed by atoms with Crippen molar-refractivity contribution < 1.29 is 9.53 Å². The molecule has 1 aromatic heterocycles. The molecule has 1 aliphatic heterocycles. The van der Waals surface area contributed by atoms with Gasteiger partial charge in [0.05, 0.1) is 0 Å². The Morgan fingerprint density at radius 2 is 1.50 bits per heavy atom. The number of nitrogens with one attached hydrogen (secondary N) is 2. The fourth-order valence-corrected chi connectivity index (χ4v) is 5.69. The average Bonchev–Trinajstić information content (AvgIpc) is 3.40. The van der Waals surface area contributed by atoms with Gasteiger partial charge in [-0.1, -0.05) is 96.5 Å². The zero-order valence-electron chi connectivity index (χ0n) is 19.8. The van der Waals surface area contributed by atoms with Crippen LogP contribution in [0.15, 0.2) is 103 Å². The molecule has 5 aromatic rings. The quantitative estimate of drug-likeness (QED) is 0.262. The monoisotopic (exact) mass is 492 g/mol. The Morgan fingerprint density at radius 1 is 0.861 bits per heavy atom. The molecule has 5 heteroatoms. The molecule has 2 heterocycles. The van der Waals surface area contributed by atoms with Crippen LogP contribution in [0, 0.1) is 0 Å². The molecule has 0 radical (unpaired) electrons. The molecule has 1 atom stereocenters. The Kier molecular flexibility index (Phi) is 5.63. The fraction of sp³-hybridized carbons (Fsp3) is 0.129. The van der Waals surface area contributed by atoms with Crippen molar-refractivity contribution in [3.05, 3.63) is 136 Å². The lowest BCUT2D eigenvalue weighted by Gasteiger charge is -2.31. The second-order valence-corrected chi connectivity index (χ2v) is 9.41. The van der Waals surface area contributed by atoms with Crippen LogP contribution in [0.1, 0.15) is 40.8 Å². The number of ether oxygens (including phenoxy) is 1. The minimum absolute atomic E-state index is 0.161. The van der Waals surface area contributed by atoms with Crippen molar-refractivity contribution in [2.75, 3.05) is 11.9 Å². The van der Waals surface area contributed by atoms with Crippen molar-refractivity contribution in [1.29, 1.82) is 0 Å². The van der Waals surface area contributed by atoms with E-state index in [0.29, 0.717) is 11.6 Å². The summed E-state index contributed by atoms with van der Waals surface area (Å²) in [5.41, 5.74) is 5.08. The maximum atomic E-state index is 13.9. The first-order valence-electron chi connectivity index (χ1n) is 12.1. The highest BCUT2D eigenvalue weighted by Gasteiger charge is 2.52. The number of aromatic amines is 1. The van der Waals surface area contributed by atoms with Crippen LogP contribution in [-0.2, 0) is 15.1 Å². The molecule has 36 heavy (non-hydrogen) atoms. The van der Waals surface area contributed by atoms with E-state index in [1.54, 1.807) is 0 Å². The number of amides is 1. The zero-order valence-corrected chi connectivity index (χ0v) is 20.5. The lowest BCUT2D eigenvalue weighted by atomic mass is 9.79. The van der Waals surface area contributed by atoms with Crippen LogP contribution in [-0.4, -0.2) is 17.5 Å². The summed E-state index contributed by atoms with van der Waals surface area (Å²) in [7, 11) is 0. The first-order valence-corrected chi connectivity index (χ1v) is 12.5. The number of fused-ring (bicyclic) bond motifs is 2. The van der Waals surface area contributed by atoms with E-state index in [1.165, 1.54) is 0 Å². The van der Waals surface area contributed by atoms with Gasteiger partial charge in [0, 0.05) is 51.0 Å². The third-order valence-corrected chi connectivity index (χ3v) is 7.17. The molecule has 6 rings (SSSR count). The lowest BCUT2D eigenvalue weighted by molar-refractivity contribution is -0.135. The Hall–Kier alpha value is -3.86. The summed E-state index contributed by atoms with van der Waals surface area (Å²) in [5, 5.41) is 4.61. The number of anilines is 1. The number of carbonyl (C=O) groups excluding carboxylic acids is 1. The molecule has 4 aromatic carbocycles. The van der Waals surface area contributed by atoms with Gasteiger partial charge in [0.15, 0.2) is 0 Å². The molecule has 2 N–H and O–H groups in total. The van der Waals surface area contributed by atoms with Crippen molar-refractivity contribution in [3.63, 3.8) is 0 Å². The molecule has 1 aliphatic rings. The topological polar surface area (TPSA) is 54.1 Å². The van der Waals surface area contributed by atoms with Crippen LogP contribution in [0.4, 0.5) is 5.69 Å². The van der Waals surface area contributed by atoms with Gasteiger partial charge in [-0.3, -0.25) is 4.79 Å². The van der Waals surface area contributed by atoms with E-state index in [0.717, 1.165) is 44.5 Å². The molecule has 1 amide bonds. The van der Waals surface area contributed by atoms with Gasteiger partial charge in [-0.2, -0.15) is 0 Å². The lowest BCUT2D eigenvalue weighted by Crippen LogP contribution is -2.39. The van der Waals surface area contributed by atoms with Gasteiger partial charge in [0.2, 0.25) is 5.60 Å². The number of H-pyrrole nitrogens is 1. The van der Waals surface area contributed by atoms with Crippen LogP contribution < -0.4 is 5.32 Å². The number of hydrogen-bond acceptors (Lipinski definition) is 2. The van der Waals surface area contributed by atoms with Gasteiger partial charge in [0.1, 0.15) is 0 Å². The van der Waals surface area contributed by atoms with E-state index in [2.05, 4.69) is 34.6 Å². The third-order valence-electron chi connectivity index (χ3n) is 6.93. The SMILES string of the molecule is CCOC1(c2c(C(c3ccccc3)c3ccccc3)[nH]c3cc(Cl)ccc23)C(=O)Nc2ccccc21. The van der Waals surface area contributed by atoms with Crippen LogP contribution in [0.25, 0.3) is 10.9 Å². The summed E-state index contributed by atoms with van der Waals surface area (Å²) in [6, 6.07) is 34.2. The summed E-state index contributed by atoms with van der Waals surface area (Å²) in [4.78, 5) is 17.6. The zero-order chi connectivity index (χ0) is 24.7. The van der Waals surface area contributed by atoms with Gasteiger partial charge < -0.3 is 15.0 Å². The molecule has 0 bridgehead atoms. The van der Waals surface area contributed by atoms with Crippen LogP contribution in [0.3, 0.4) is 0 Å². The summed E-state index contributed by atoms with van der Waals surface area (Å²) < 4.78 is 6.51. The minimum atomic E-state index is -1.31. The number of carbonyl (C=O) groups is 1. The molecule has 0 spiro atoms. The van der Waals surface area contributed by atoms with Gasteiger partial charge in [-0.15, -0.1) is 0 Å².